The molecule has 2 aromatic heterocycles. The van der Waals surface area contributed by atoms with Gasteiger partial charge in [-0.1, -0.05) is 11.8 Å². The standard InChI is InChI=1S/C10H10N4S/c1-7-4-10(14-13-5-7)15-9-2-3-12-6-8(9)11/h2-6H,11H2,1H3. The average Bonchev–Trinajstić information content (AvgIpc) is 2.22. The van der Waals surface area contributed by atoms with Crippen molar-refractivity contribution in [3.63, 3.8) is 0 Å². The molecule has 76 valence electrons. The number of anilines is 1. The first-order chi connectivity index (χ1) is 7.25. The highest BCUT2D eigenvalue weighted by Crippen LogP contribution is 2.29. The Morgan fingerprint density at radius 2 is 2.20 bits per heavy atom. The smallest absolute Gasteiger partial charge is 0.124 e. The van der Waals surface area contributed by atoms with Gasteiger partial charge in [0.25, 0.3) is 0 Å². The molecule has 0 radical (unpaired) electrons. The third-order valence-corrected chi connectivity index (χ3v) is 2.79. The Kier molecular flexibility index (Phi) is 2.82. The molecule has 0 aromatic carbocycles. The molecule has 0 amide bonds. The van der Waals surface area contributed by atoms with Gasteiger partial charge in [0.15, 0.2) is 0 Å². The van der Waals surface area contributed by atoms with E-state index in [1.165, 1.54) is 11.8 Å². The van der Waals surface area contributed by atoms with Crippen LogP contribution in [0.1, 0.15) is 5.56 Å². The third-order valence-electron chi connectivity index (χ3n) is 1.79. The van der Waals surface area contributed by atoms with Crippen molar-refractivity contribution in [3.05, 3.63) is 36.3 Å². The Morgan fingerprint density at radius 1 is 1.33 bits per heavy atom. The predicted molar refractivity (Wildman–Crippen MR) is 59.5 cm³/mol. The van der Waals surface area contributed by atoms with E-state index in [2.05, 4.69) is 15.2 Å². The molecule has 0 atom stereocenters. The average molecular weight is 218 g/mol. The highest BCUT2D eigenvalue weighted by Gasteiger charge is 2.02. The lowest BCUT2D eigenvalue weighted by Crippen LogP contribution is -1.91. The van der Waals surface area contributed by atoms with Crippen LogP contribution >= 0.6 is 11.8 Å². The molecule has 0 saturated carbocycles. The molecular weight excluding hydrogens is 208 g/mol. The summed E-state index contributed by atoms with van der Waals surface area (Å²) in [6.07, 6.45) is 5.06. The largest absolute Gasteiger partial charge is 0.397 e. The van der Waals surface area contributed by atoms with Gasteiger partial charge in [-0.3, -0.25) is 4.98 Å². The number of nitrogens with zero attached hydrogens (tertiary/aromatic N) is 3. The minimum absolute atomic E-state index is 0.658. The first-order valence-corrected chi connectivity index (χ1v) is 5.24. The molecule has 5 heteroatoms. The summed E-state index contributed by atoms with van der Waals surface area (Å²) in [4.78, 5) is 4.88. The number of hydrogen-bond donors (Lipinski definition) is 1. The molecule has 0 saturated heterocycles. The van der Waals surface area contributed by atoms with Crippen LogP contribution in [0.5, 0.6) is 0 Å². The van der Waals surface area contributed by atoms with Crippen molar-refractivity contribution in [2.75, 3.05) is 5.73 Å². The Labute approximate surface area is 91.9 Å². The zero-order chi connectivity index (χ0) is 10.7. The Balaban J connectivity index is 2.26. The number of hydrogen-bond acceptors (Lipinski definition) is 5. The van der Waals surface area contributed by atoms with Crippen molar-refractivity contribution in [2.24, 2.45) is 0 Å². The first-order valence-electron chi connectivity index (χ1n) is 4.42. The number of aryl methyl sites for hydroxylation is 1. The van der Waals surface area contributed by atoms with E-state index < -0.39 is 0 Å². The Hall–Kier alpha value is -1.62. The van der Waals surface area contributed by atoms with E-state index in [9.17, 15) is 0 Å². The summed E-state index contributed by atoms with van der Waals surface area (Å²) in [6.45, 7) is 1.98. The predicted octanol–water partition coefficient (Wildman–Crippen LogP) is 1.91. The second-order valence-electron chi connectivity index (χ2n) is 3.09. The van der Waals surface area contributed by atoms with Crippen LogP contribution in [-0.4, -0.2) is 15.2 Å². The van der Waals surface area contributed by atoms with Crippen LogP contribution in [0.3, 0.4) is 0 Å². The number of nitrogen functional groups attached to an aromatic ring is 1. The highest BCUT2D eigenvalue weighted by atomic mass is 32.2. The van der Waals surface area contributed by atoms with Crippen LogP contribution in [0, 0.1) is 6.92 Å². The van der Waals surface area contributed by atoms with E-state index >= 15 is 0 Å². The van der Waals surface area contributed by atoms with Gasteiger partial charge in [-0.2, -0.15) is 5.10 Å². The second-order valence-corrected chi connectivity index (χ2v) is 4.15. The van der Waals surface area contributed by atoms with Gasteiger partial charge in [-0.25, -0.2) is 0 Å². The van der Waals surface area contributed by atoms with Crippen LogP contribution in [0.2, 0.25) is 0 Å². The van der Waals surface area contributed by atoms with E-state index in [-0.39, 0.29) is 0 Å². The zero-order valence-corrected chi connectivity index (χ0v) is 9.03. The van der Waals surface area contributed by atoms with Crippen molar-refractivity contribution < 1.29 is 0 Å². The maximum atomic E-state index is 5.77. The molecule has 0 spiro atoms. The van der Waals surface area contributed by atoms with E-state index in [0.29, 0.717) is 5.69 Å². The quantitative estimate of drug-likeness (QED) is 0.834. The van der Waals surface area contributed by atoms with Gasteiger partial charge in [0.05, 0.1) is 18.1 Å². The number of rotatable bonds is 2. The normalized spacial score (nSPS) is 10.2. The van der Waals surface area contributed by atoms with Crippen molar-refractivity contribution in [3.8, 4) is 0 Å². The summed E-state index contributed by atoms with van der Waals surface area (Å²) < 4.78 is 0. The first kappa shape index (κ1) is 9.92. The van der Waals surface area contributed by atoms with Gasteiger partial charge in [-0.05, 0) is 24.6 Å². The van der Waals surface area contributed by atoms with E-state index in [4.69, 9.17) is 5.73 Å². The summed E-state index contributed by atoms with van der Waals surface area (Å²) in [5.74, 6) is 0. The molecular formula is C10H10N4S. The van der Waals surface area contributed by atoms with Crippen molar-refractivity contribution in [2.45, 2.75) is 16.8 Å². The van der Waals surface area contributed by atoms with Crippen LogP contribution in [0.15, 0.2) is 40.6 Å². The maximum absolute atomic E-state index is 5.77. The lowest BCUT2D eigenvalue weighted by molar-refractivity contribution is 0.916. The SMILES string of the molecule is Cc1cnnc(Sc2ccncc2N)c1. The number of nitrogens with two attached hydrogens (primary N) is 1. The van der Waals surface area contributed by atoms with Gasteiger partial charge in [-0.15, -0.1) is 5.10 Å². The minimum atomic E-state index is 0.658. The Bertz CT molecular complexity index is 472. The molecule has 2 N–H and O–H groups in total. The summed E-state index contributed by atoms with van der Waals surface area (Å²) in [5.41, 5.74) is 7.52. The van der Waals surface area contributed by atoms with Crippen molar-refractivity contribution in [1.29, 1.82) is 0 Å². The fourth-order valence-corrected chi connectivity index (χ4v) is 1.94. The van der Waals surface area contributed by atoms with E-state index in [1.54, 1.807) is 18.6 Å². The molecule has 4 nitrogen and oxygen atoms in total. The van der Waals surface area contributed by atoms with Crippen LogP contribution in [0.25, 0.3) is 0 Å². The minimum Gasteiger partial charge on any atom is -0.397 e. The Morgan fingerprint density at radius 3 is 2.93 bits per heavy atom. The van der Waals surface area contributed by atoms with Crippen molar-refractivity contribution >= 4 is 17.4 Å². The lowest BCUT2D eigenvalue weighted by atomic mass is 10.4. The summed E-state index contributed by atoms with van der Waals surface area (Å²) >= 11 is 1.49. The molecule has 0 aliphatic rings. The van der Waals surface area contributed by atoms with Gasteiger partial charge >= 0.3 is 0 Å². The molecule has 0 fully saturated rings. The second kappa shape index (κ2) is 4.27. The van der Waals surface area contributed by atoms with E-state index in [0.717, 1.165) is 15.5 Å². The lowest BCUT2D eigenvalue weighted by Gasteiger charge is -2.03. The molecule has 0 aliphatic carbocycles. The zero-order valence-electron chi connectivity index (χ0n) is 8.21. The van der Waals surface area contributed by atoms with Gasteiger partial charge < -0.3 is 5.73 Å². The van der Waals surface area contributed by atoms with Gasteiger partial charge in [0.2, 0.25) is 0 Å². The molecule has 0 bridgehead atoms. The topological polar surface area (TPSA) is 64.7 Å². The third kappa shape index (κ3) is 2.44. The number of pyridine rings is 1. The van der Waals surface area contributed by atoms with Crippen LogP contribution in [-0.2, 0) is 0 Å². The fraction of sp³-hybridized carbons (Fsp3) is 0.100. The molecule has 0 aliphatic heterocycles. The molecule has 2 aromatic rings. The maximum Gasteiger partial charge on any atom is 0.124 e. The van der Waals surface area contributed by atoms with E-state index in [1.807, 2.05) is 19.1 Å². The fourth-order valence-electron chi connectivity index (χ4n) is 1.09. The van der Waals surface area contributed by atoms with Crippen LogP contribution in [0.4, 0.5) is 5.69 Å². The number of aromatic nitrogens is 3. The van der Waals surface area contributed by atoms with Crippen LogP contribution < -0.4 is 5.73 Å². The highest BCUT2D eigenvalue weighted by molar-refractivity contribution is 7.99. The molecule has 0 unspecified atom stereocenters. The molecule has 15 heavy (non-hydrogen) atoms. The molecule has 2 heterocycles. The van der Waals surface area contributed by atoms with Gasteiger partial charge in [0, 0.05) is 11.1 Å². The summed E-state index contributed by atoms with van der Waals surface area (Å²) in [5, 5.41) is 8.74. The summed E-state index contributed by atoms with van der Waals surface area (Å²) in [7, 11) is 0. The molecule has 2 rings (SSSR count). The summed E-state index contributed by atoms with van der Waals surface area (Å²) in [6, 6.07) is 3.83. The van der Waals surface area contributed by atoms with Crippen molar-refractivity contribution in [1.82, 2.24) is 15.2 Å². The van der Waals surface area contributed by atoms with Gasteiger partial charge in [0.1, 0.15) is 5.03 Å². The monoisotopic (exact) mass is 218 g/mol.